The quantitative estimate of drug-likeness (QED) is 0.497. The smallest absolute Gasteiger partial charge is 0.0407 e. The molecule has 15 heavy (non-hydrogen) atoms. The van der Waals surface area contributed by atoms with Crippen LogP contribution in [0.5, 0.6) is 0 Å². The van der Waals surface area contributed by atoms with Gasteiger partial charge in [0.25, 0.3) is 0 Å². The molecule has 0 aromatic carbocycles. The third kappa shape index (κ3) is 7.88. The van der Waals surface area contributed by atoms with E-state index in [4.69, 9.17) is 0 Å². The van der Waals surface area contributed by atoms with Crippen LogP contribution < -0.4 is 0 Å². The predicted octanol–water partition coefficient (Wildman–Crippen LogP) is 5.52. The Balaban J connectivity index is 4.05. The second-order valence-corrected chi connectivity index (χ2v) is 5.99. The highest BCUT2D eigenvalue weighted by molar-refractivity contribution is 4.67. The minimum Gasteiger partial charge on any atom is -0.0651 e. The molecule has 92 valence electrons. The second kappa shape index (κ2) is 8.19. The summed E-state index contributed by atoms with van der Waals surface area (Å²) in [5.41, 5.74) is 0. The van der Waals surface area contributed by atoms with Crippen molar-refractivity contribution in [2.45, 2.75) is 73.6 Å². The molecule has 0 aliphatic rings. The minimum atomic E-state index is 0.864. The van der Waals surface area contributed by atoms with Crippen molar-refractivity contribution in [1.82, 2.24) is 0 Å². The molecular weight excluding hydrogens is 180 g/mol. The largest absolute Gasteiger partial charge is 0.0651 e. The zero-order valence-electron chi connectivity index (χ0n) is 11.8. The molecule has 0 saturated heterocycles. The average Bonchev–Trinajstić information content (AvgIpc) is 2.16. The van der Waals surface area contributed by atoms with Gasteiger partial charge in [-0.2, -0.15) is 0 Å². The molecule has 0 aromatic heterocycles. The molecule has 0 aliphatic carbocycles. The lowest BCUT2D eigenvalue weighted by atomic mass is 9.82. The fourth-order valence-electron chi connectivity index (χ4n) is 2.43. The maximum atomic E-state index is 2.41. The van der Waals surface area contributed by atoms with Crippen LogP contribution in [0, 0.1) is 23.7 Å². The predicted molar refractivity (Wildman–Crippen MR) is 71.1 cm³/mol. The molecule has 0 spiro atoms. The van der Waals surface area contributed by atoms with Crippen molar-refractivity contribution in [2.24, 2.45) is 23.7 Å². The first-order chi connectivity index (χ1) is 6.99. The molecule has 2 atom stereocenters. The van der Waals surface area contributed by atoms with E-state index < -0.39 is 0 Å². The van der Waals surface area contributed by atoms with Crippen molar-refractivity contribution in [2.75, 3.05) is 0 Å². The molecule has 0 heteroatoms. The molecule has 0 aromatic rings. The van der Waals surface area contributed by atoms with E-state index in [9.17, 15) is 0 Å². The molecule has 0 bridgehead atoms. The number of rotatable bonds is 8. The van der Waals surface area contributed by atoms with Crippen LogP contribution in [0.1, 0.15) is 73.6 Å². The van der Waals surface area contributed by atoms with Crippen LogP contribution in [0.2, 0.25) is 0 Å². The van der Waals surface area contributed by atoms with Gasteiger partial charge in [0, 0.05) is 0 Å². The van der Waals surface area contributed by atoms with Crippen LogP contribution in [-0.2, 0) is 0 Å². The summed E-state index contributed by atoms with van der Waals surface area (Å²) >= 11 is 0. The lowest BCUT2D eigenvalue weighted by molar-refractivity contribution is 0.273. The van der Waals surface area contributed by atoms with Crippen molar-refractivity contribution in [3.05, 3.63) is 0 Å². The zero-order valence-corrected chi connectivity index (χ0v) is 11.8. The maximum Gasteiger partial charge on any atom is -0.0407 e. The molecule has 0 heterocycles. The summed E-state index contributed by atoms with van der Waals surface area (Å²) in [6.45, 7) is 14.2. The summed E-state index contributed by atoms with van der Waals surface area (Å²) in [6.07, 6.45) is 7.00. The first kappa shape index (κ1) is 15.0. The molecule has 0 N–H and O–H groups in total. The molecule has 2 unspecified atom stereocenters. The molecule has 0 aliphatic heterocycles. The standard InChI is InChI=1S/C15H32/c1-7-13(5)10-15(9-12(3)4)11-14(6)8-2/h12-15H,7-11H2,1-6H3. The highest BCUT2D eigenvalue weighted by Gasteiger charge is 2.16. The van der Waals surface area contributed by atoms with Crippen LogP contribution in [0.3, 0.4) is 0 Å². The SMILES string of the molecule is CCC(C)CC(CC(C)C)CC(C)CC. The fourth-order valence-corrected chi connectivity index (χ4v) is 2.43. The normalized spacial score (nSPS) is 17.8. The Morgan fingerprint density at radius 2 is 1.07 bits per heavy atom. The first-order valence-electron chi connectivity index (χ1n) is 6.99. The van der Waals surface area contributed by atoms with Gasteiger partial charge in [-0.15, -0.1) is 0 Å². The van der Waals surface area contributed by atoms with E-state index in [0.29, 0.717) is 0 Å². The summed E-state index contributed by atoms with van der Waals surface area (Å²) in [5, 5.41) is 0. The van der Waals surface area contributed by atoms with Crippen molar-refractivity contribution < 1.29 is 0 Å². The van der Waals surface area contributed by atoms with Crippen molar-refractivity contribution >= 4 is 0 Å². The van der Waals surface area contributed by atoms with Crippen LogP contribution in [0.25, 0.3) is 0 Å². The van der Waals surface area contributed by atoms with E-state index >= 15 is 0 Å². The Bertz CT molecular complexity index is 125. The van der Waals surface area contributed by atoms with Gasteiger partial charge in [0.2, 0.25) is 0 Å². The lowest BCUT2D eigenvalue weighted by Gasteiger charge is -2.24. The highest BCUT2D eigenvalue weighted by atomic mass is 14.2. The first-order valence-corrected chi connectivity index (χ1v) is 6.99. The summed E-state index contributed by atoms with van der Waals surface area (Å²) < 4.78 is 0. The monoisotopic (exact) mass is 212 g/mol. The van der Waals surface area contributed by atoms with Crippen molar-refractivity contribution in [1.29, 1.82) is 0 Å². The molecule has 0 fully saturated rings. The van der Waals surface area contributed by atoms with Gasteiger partial charge < -0.3 is 0 Å². The van der Waals surface area contributed by atoms with E-state index in [1.807, 2.05) is 0 Å². The van der Waals surface area contributed by atoms with E-state index in [2.05, 4.69) is 41.5 Å². The third-order valence-corrected chi connectivity index (χ3v) is 3.67. The molecular formula is C15H32. The van der Waals surface area contributed by atoms with E-state index in [1.165, 1.54) is 32.1 Å². The highest BCUT2D eigenvalue weighted by Crippen LogP contribution is 2.28. The summed E-state index contributed by atoms with van der Waals surface area (Å²) in [4.78, 5) is 0. The van der Waals surface area contributed by atoms with E-state index in [-0.39, 0.29) is 0 Å². The zero-order chi connectivity index (χ0) is 11.8. The second-order valence-electron chi connectivity index (χ2n) is 5.99. The van der Waals surface area contributed by atoms with Crippen LogP contribution in [0.15, 0.2) is 0 Å². The molecule has 0 amide bonds. The van der Waals surface area contributed by atoms with Gasteiger partial charge in [-0.25, -0.2) is 0 Å². The van der Waals surface area contributed by atoms with Crippen molar-refractivity contribution in [3.63, 3.8) is 0 Å². The molecule has 0 nitrogen and oxygen atoms in total. The number of hydrogen-bond acceptors (Lipinski definition) is 0. The Morgan fingerprint density at radius 3 is 1.33 bits per heavy atom. The van der Waals surface area contributed by atoms with Crippen LogP contribution in [-0.4, -0.2) is 0 Å². The Morgan fingerprint density at radius 1 is 0.667 bits per heavy atom. The van der Waals surface area contributed by atoms with Crippen LogP contribution in [0.4, 0.5) is 0 Å². The van der Waals surface area contributed by atoms with Gasteiger partial charge in [-0.05, 0) is 42.9 Å². The van der Waals surface area contributed by atoms with Gasteiger partial charge in [0.15, 0.2) is 0 Å². The van der Waals surface area contributed by atoms with E-state index in [0.717, 1.165) is 23.7 Å². The van der Waals surface area contributed by atoms with Gasteiger partial charge >= 0.3 is 0 Å². The van der Waals surface area contributed by atoms with Gasteiger partial charge in [-0.1, -0.05) is 54.4 Å². The van der Waals surface area contributed by atoms with Crippen LogP contribution >= 0.6 is 0 Å². The molecule has 0 radical (unpaired) electrons. The molecule has 0 rings (SSSR count). The lowest BCUT2D eigenvalue weighted by Crippen LogP contribution is -2.12. The summed E-state index contributed by atoms with van der Waals surface area (Å²) in [7, 11) is 0. The maximum absolute atomic E-state index is 2.41. The van der Waals surface area contributed by atoms with E-state index in [1.54, 1.807) is 0 Å². The Hall–Kier alpha value is 0. The summed E-state index contributed by atoms with van der Waals surface area (Å²) in [5.74, 6) is 3.66. The molecule has 0 saturated carbocycles. The van der Waals surface area contributed by atoms with Gasteiger partial charge in [-0.3, -0.25) is 0 Å². The summed E-state index contributed by atoms with van der Waals surface area (Å²) in [6, 6.07) is 0. The number of hydrogen-bond donors (Lipinski definition) is 0. The average molecular weight is 212 g/mol. The van der Waals surface area contributed by atoms with Gasteiger partial charge in [0.1, 0.15) is 0 Å². The Kier molecular flexibility index (Phi) is 8.19. The van der Waals surface area contributed by atoms with Gasteiger partial charge in [0.05, 0.1) is 0 Å². The Labute approximate surface area is 97.8 Å². The van der Waals surface area contributed by atoms with Crippen molar-refractivity contribution in [3.8, 4) is 0 Å². The minimum absolute atomic E-state index is 0.864. The fraction of sp³-hybridized carbons (Fsp3) is 1.00. The topological polar surface area (TPSA) is 0 Å². The third-order valence-electron chi connectivity index (χ3n) is 3.67.